The normalized spacial score (nSPS) is 14.3. The number of aliphatic hydroxyl groups is 1. The predicted molar refractivity (Wildman–Crippen MR) is 96.2 cm³/mol. The molecule has 0 aliphatic carbocycles. The first kappa shape index (κ1) is 21.6. The van der Waals surface area contributed by atoms with Gasteiger partial charge in [-0.25, -0.2) is 4.79 Å². The zero-order chi connectivity index (χ0) is 19.7. The van der Waals surface area contributed by atoms with E-state index in [4.69, 9.17) is 10.8 Å². The summed E-state index contributed by atoms with van der Waals surface area (Å²) in [7, 11) is 0. The van der Waals surface area contributed by atoms with E-state index in [-0.39, 0.29) is 18.8 Å². The number of amides is 2. The Kier molecular flexibility index (Phi) is 8.74. The van der Waals surface area contributed by atoms with E-state index in [0.717, 1.165) is 5.56 Å². The molecule has 1 aromatic carbocycles. The first-order valence-electron chi connectivity index (χ1n) is 8.48. The third kappa shape index (κ3) is 7.20. The quantitative estimate of drug-likeness (QED) is 0.384. The maximum absolute atomic E-state index is 12.6. The summed E-state index contributed by atoms with van der Waals surface area (Å²) in [5, 5.41) is 23.3. The summed E-state index contributed by atoms with van der Waals surface area (Å²) in [5.74, 6) is -2.36. The third-order valence-corrected chi connectivity index (χ3v) is 3.77. The smallest absolute Gasteiger partial charge is 0.326 e. The van der Waals surface area contributed by atoms with E-state index < -0.39 is 42.5 Å². The van der Waals surface area contributed by atoms with Crippen molar-refractivity contribution in [1.82, 2.24) is 10.6 Å². The molecule has 0 spiro atoms. The molecule has 2 amide bonds. The highest BCUT2D eigenvalue weighted by atomic mass is 16.4. The SMILES string of the molecule is CC(C)C[C@H](NC(=O)[C@H](Cc1ccccc1)NC(=O)[C@@H](N)CO)C(=O)O. The molecular formula is C18H27N3O5. The Hall–Kier alpha value is -2.45. The molecule has 0 heterocycles. The molecule has 0 aromatic heterocycles. The number of carboxylic acids is 1. The predicted octanol–water partition coefficient (Wildman–Crippen LogP) is -0.351. The first-order chi connectivity index (χ1) is 12.2. The minimum atomic E-state index is -1.16. The minimum absolute atomic E-state index is 0.0707. The summed E-state index contributed by atoms with van der Waals surface area (Å²) in [4.78, 5) is 36.0. The van der Waals surface area contributed by atoms with Crippen LogP contribution in [0.2, 0.25) is 0 Å². The molecule has 8 nitrogen and oxygen atoms in total. The number of nitrogens with two attached hydrogens (primary N) is 1. The Labute approximate surface area is 152 Å². The van der Waals surface area contributed by atoms with Gasteiger partial charge in [0.2, 0.25) is 11.8 Å². The highest BCUT2D eigenvalue weighted by Gasteiger charge is 2.28. The van der Waals surface area contributed by atoms with Crippen molar-refractivity contribution in [2.24, 2.45) is 11.7 Å². The molecule has 0 fully saturated rings. The number of carbonyl (C=O) groups excluding carboxylic acids is 2. The molecule has 26 heavy (non-hydrogen) atoms. The lowest BCUT2D eigenvalue weighted by atomic mass is 10.0. The van der Waals surface area contributed by atoms with Crippen molar-refractivity contribution in [1.29, 1.82) is 0 Å². The number of carboxylic acid groups (broad SMARTS) is 1. The summed E-state index contributed by atoms with van der Waals surface area (Å²) in [6, 6.07) is 5.78. The second-order valence-electron chi connectivity index (χ2n) is 6.57. The van der Waals surface area contributed by atoms with Gasteiger partial charge in [-0.15, -0.1) is 0 Å². The largest absolute Gasteiger partial charge is 0.480 e. The summed E-state index contributed by atoms with van der Waals surface area (Å²) in [6.45, 7) is 3.15. The fourth-order valence-corrected chi connectivity index (χ4v) is 2.39. The van der Waals surface area contributed by atoms with Crippen LogP contribution in [-0.4, -0.2) is 52.7 Å². The van der Waals surface area contributed by atoms with Gasteiger partial charge in [0.15, 0.2) is 0 Å². The van der Waals surface area contributed by atoms with Crippen LogP contribution < -0.4 is 16.4 Å². The van der Waals surface area contributed by atoms with Crippen molar-refractivity contribution in [3.05, 3.63) is 35.9 Å². The van der Waals surface area contributed by atoms with E-state index in [1.165, 1.54) is 0 Å². The lowest BCUT2D eigenvalue weighted by molar-refractivity contribution is -0.142. The van der Waals surface area contributed by atoms with Gasteiger partial charge < -0.3 is 26.6 Å². The molecule has 1 rings (SSSR count). The monoisotopic (exact) mass is 365 g/mol. The average molecular weight is 365 g/mol. The maximum Gasteiger partial charge on any atom is 0.326 e. The topological polar surface area (TPSA) is 142 Å². The fourth-order valence-electron chi connectivity index (χ4n) is 2.39. The Morgan fingerprint density at radius 2 is 1.62 bits per heavy atom. The van der Waals surface area contributed by atoms with E-state index in [1.54, 1.807) is 24.3 Å². The summed E-state index contributed by atoms with van der Waals surface area (Å²) < 4.78 is 0. The van der Waals surface area contributed by atoms with E-state index in [9.17, 15) is 19.5 Å². The van der Waals surface area contributed by atoms with Crippen LogP contribution in [0.25, 0.3) is 0 Å². The highest BCUT2D eigenvalue weighted by Crippen LogP contribution is 2.08. The number of rotatable bonds is 10. The molecule has 0 aliphatic heterocycles. The molecule has 6 N–H and O–H groups in total. The lowest BCUT2D eigenvalue weighted by Gasteiger charge is -2.23. The highest BCUT2D eigenvalue weighted by molar-refractivity contribution is 5.92. The Bertz CT molecular complexity index is 606. The zero-order valence-corrected chi connectivity index (χ0v) is 15.0. The van der Waals surface area contributed by atoms with Crippen LogP contribution >= 0.6 is 0 Å². The van der Waals surface area contributed by atoms with Gasteiger partial charge in [-0.3, -0.25) is 9.59 Å². The Balaban J connectivity index is 2.92. The summed E-state index contributed by atoms with van der Waals surface area (Å²) in [6.07, 6.45) is 0.438. The molecule has 0 bridgehead atoms. The minimum Gasteiger partial charge on any atom is -0.480 e. The van der Waals surface area contributed by atoms with Crippen LogP contribution in [0, 0.1) is 5.92 Å². The number of hydrogen-bond donors (Lipinski definition) is 5. The maximum atomic E-state index is 12.6. The molecule has 1 aromatic rings. The van der Waals surface area contributed by atoms with Gasteiger partial charge in [-0.1, -0.05) is 44.2 Å². The van der Waals surface area contributed by atoms with Crippen LogP contribution in [0.4, 0.5) is 0 Å². The van der Waals surface area contributed by atoms with Gasteiger partial charge in [-0.2, -0.15) is 0 Å². The fraction of sp³-hybridized carbons (Fsp3) is 0.500. The van der Waals surface area contributed by atoms with Crippen molar-refractivity contribution < 1.29 is 24.6 Å². The van der Waals surface area contributed by atoms with Crippen molar-refractivity contribution in [2.75, 3.05) is 6.61 Å². The van der Waals surface area contributed by atoms with Crippen LogP contribution in [0.1, 0.15) is 25.8 Å². The molecule has 0 saturated carbocycles. The number of hydrogen-bond acceptors (Lipinski definition) is 5. The number of aliphatic carboxylic acids is 1. The lowest BCUT2D eigenvalue weighted by Crippen LogP contribution is -2.56. The average Bonchev–Trinajstić information content (AvgIpc) is 2.60. The van der Waals surface area contributed by atoms with Crippen molar-refractivity contribution >= 4 is 17.8 Å². The van der Waals surface area contributed by atoms with Gasteiger partial charge in [-0.05, 0) is 17.9 Å². The van der Waals surface area contributed by atoms with Crippen molar-refractivity contribution in [3.63, 3.8) is 0 Å². The molecule has 0 aliphatic rings. The van der Waals surface area contributed by atoms with Gasteiger partial charge in [0.1, 0.15) is 18.1 Å². The molecule has 8 heteroatoms. The van der Waals surface area contributed by atoms with E-state index in [2.05, 4.69) is 10.6 Å². The first-order valence-corrected chi connectivity index (χ1v) is 8.48. The Morgan fingerprint density at radius 1 is 1.04 bits per heavy atom. The summed E-state index contributed by atoms with van der Waals surface area (Å²) >= 11 is 0. The van der Waals surface area contributed by atoms with Crippen LogP contribution in [-0.2, 0) is 20.8 Å². The molecular weight excluding hydrogens is 338 g/mol. The third-order valence-electron chi connectivity index (χ3n) is 3.77. The molecule has 0 saturated heterocycles. The van der Waals surface area contributed by atoms with Crippen LogP contribution in [0.5, 0.6) is 0 Å². The number of nitrogens with one attached hydrogen (secondary N) is 2. The van der Waals surface area contributed by atoms with Gasteiger partial charge >= 0.3 is 5.97 Å². The Morgan fingerprint density at radius 3 is 2.12 bits per heavy atom. The van der Waals surface area contributed by atoms with Gasteiger partial charge in [0.25, 0.3) is 0 Å². The zero-order valence-electron chi connectivity index (χ0n) is 15.0. The number of aliphatic hydroxyl groups excluding tert-OH is 1. The summed E-state index contributed by atoms with van der Waals surface area (Å²) in [5.41, 5.74) is 6.28. The molecule has 0 radical (unpaired) electrons. The second kappa shape index (κ2) is 10.5. The van der Waals surface area contributed by atoms with E-state index >= 15 is 0 Å². The number of carbonyl (C=O) groups is 3. The van der Waals surface area contributed by atoms with Crippen molar-refractivity contribution in [2.45, 2.75) is 44.8 Å². The molecule has 144 valence electrons. The van der Waals surface area contributed by atoms with Gasteiger partial charge in [0, 0.05) is 6.42 Å². The van der Waals surface area contributed by atoms with E-state index in [1.807, 2.05) is 19.9 Å². The van der Waals surface area contributed by atoms with E-state index in [0.29, 0.717) is 0 Å². The van der Waals surface area contributed by atoms with Gasteiger partial charge in [0.05, 0.1) is 6.61 Å². The number of benzene rings is 1. The second-order valence-corrected chi connectivity index (χ2v) is 6.57. The molecule has 3 atom stereocenters. The molecule has 0 unspecified atom stereocenters. The standard InChI is InChI=1S/C18H27N3O5/c1-11(2)8-15(18(25)26)21-17(24)14(20-16(23)13(19)10-22)9-12-6-4-3-5-7-12/h3-7,11,13-15,22H,8-10,19H2,1-2H3,(H,20,23)(H,21,24)(H,25,26)/t13-,14-,15-/m0/s1. The van der Waals surface area contributed by atoms with Crippen LogP contribution in [0.15, 0.2) is 30.3 Å². The van der Waals surface area contributed by atoms with Crippen LogP contribution in [0.3, 0.4) is 0 Å². The van der Waals surface area contributed by atoms with Crippen molar-refractivity contribution in [3.8, 4) is 0 Å².